The van der Waals surface area contributed by atoms with Gasteiger partial charge in [0.2, 0.25) is 5.78 Å². The van der Waals surface area contributed by atoms with Crippen LogP contribution in [-0.2, 0) is 22.6 Å². The van der Waals surface area contributed by atoms with Crippen LogP contribution in [0, 0.1) is 11.8 Å². The Bertz CT molecular complexity index is 1520. The van der Waals surface area contributed by atoms with E-state index in [0.29, 0.717) is 18.2 Å². The number of benzene rings is 2. The molecule has 3 aliphatic carbocycles. The van der Waals surface area contributed by atoms with Crippen LogP contribution in [0.1, 0.15) is 41.8 Å². The van der Waals surface area contributed by atoms with Crippen LogP contribution in [0.4, 0.5) is 0 Å². The molecule has 3 aliphatic rings. The Morgan fingerprint density at radius 1 is 1.10 bits per heavy atom. The van der Waals surface area contributed by atoms with Crippen LogP contribution in [0.2, 0.25) is 0 Å². The number of hydrogen-bond acceptors (Lipinski definition) is 9. The number of carbonyl (C=O) groups is 3. The van der Waals surface area contributed by atoms with Crippen LogP contribution in [0.15, 0.2) is 59.1 Å². The molecular formula is C31H35N3O7. The molecular weight excluding hydrogens is 526 g/mol. The normalized spacial score (nSPS) is 25.9. The molecule has 41 heavy (non-hydrogen) atoms. The van der Waals surface area contributed by atoms with E-state index in [9.17, 15) is 34.8 Å². The fraction of sp³-hybridized carbons (Fsp3) is 0.387. The van der Waals surface area contributed by atoms with Crippen molar-refractivity contribution in [2.75, 3.05) is 14.1 Å². The van der Waals surface area contributed by atoms with Gasteiger partial charge in [-0.05, 0) is 61.2 Å². The predicted octanol–water partition coefficient (Wildman–Crippen LogP) is 2.29. The number of amides is 1. The number of nitrogens with two attached hydrogens (primary N) is 1. The van der Waals surface area contributed by atoms with E-state index >= 15 is 0 Å². The van der Waals surface area contributed by atoms with Gasteiger partial charge in [0, 0.05) is 24.1 Å². The lowest BCUT2D eigenvalue weighted by atomic mass is 9.58. The molecule has 1 unspecified atom stereocenters. The molecule has 1 amide bonds. The zero-order chi connectivity index (χ0) is 30.0. The largest absolute Gasteiger partial charge is 0.510 e. The van der Waals surface area contributed by atoms with Crippen LogP contribution < -0.4 is 11.1 Å². The van der Waals surface area contributed by atoms with Crippen molar-refractivity contribution in [1.29, 1.82) is 0 Å². The van der Waals surface area contributed by atoms with Gasteiger partial charge in [0.1, 0.15) is 22.8 Å². The number of likely N-dealkylation sites (N-methyl/N-ethyl adjacent to an activating group) is 1. The van der Waals surface area contributed by atoms with Crippen LogP contribution in [0.3, 0.4) is 0 Å². The molecule has 2 aromatic rings. The summed E-state index contributed by atoms with van der Waals surface area (Å²) in [5.74, 6) is -6.64. The van der Waals surface area contributed by atoms with Gasteiger partial charge in [-0.2, -0.15) is 0 Å². The number of fused-ring (bicyclic) bond motifs is 3. The highest BCUT2D eigenvalue weighted by atomic mass is 16.3. The van der Waals surface area contributed by atoms with Crippen LogP contribution in [-0.4, -0.2) is 74.6 Å². The van der Waals surface area contributed by atoms with Gasteiger partial charge in [-0.15, -0.1) is 0 Å². The Labute approximate surface area is 237 Å². The number of primary amides is 1. The number of phenols is 1. The lowest BCUT2D eigenvalue weighted by molar-refractivity contribution is -0.148. The number of nitrogens with zero attached hydrogens (tertiary/aromatic N) is 1. The maximum absolute atomic E-state index is 13.9. The van der Waals surface area contributed by atoms with Crippen LogP contribution >= 0.6 is 0 Å². The number of phenolic OH excluding ortho intramolecular Hbond substituents is 1. The second kappa shape index (κ2) is 10.1. The summed E-state index contributed by atoms with van der Waals surface area (Å²) in [5.41, 5.74) is 5.00. The molecule has 0 saturated carbocycles. The number of nitrogens with one attached hydrogen (secondary N) is 1. The van der Waals surface area contributed by atoms with Crippen LogP contribution in [0.25, 0.3) is 11.1 Å². The summed E-state index contributed by atoms with van der Waals surface area (Å²) in [6, 6.07) is 10.4. The summed E-state index contributed by atoms with van der Waals surface area (Å²) in [6.07, 6.45) is 0.273. The van der Waals surface area contributed by atoms with E-state index in [1.165, 1.54) is 11.0 Å². The maximum atomic E-state index is 13.9. The van der Waals surface area contributed by atoms with E-state index in [0.717, 1.165) is 16.7 Å². The minimum Gasteiger partial charge on any atom is -0.510 e. The zero-order valence-electron chi connectivity index (χ0n) is 23.4. The first-order chi connectivity index (χ1) is 19.3. The van der Waals surface area contributed by atoms with Gasteiger partial charge < -0.3 is 31.5 Å². The van der Waals surface area contributed by atoms with Crippen molar-refractivity contribution in [3.8, 4) is 16.9 Å². The highest BCUT2D eigenvalue weighted by Gasteiger charge is 2.63. The number of hydrogen-bond donors (Lipinski definition) is 6. The van der Waals surface area contributed by atoms with E-state index in [-0.39, 0.29) is 29.7 Å². The topological polar surface area (TPSA) is 173 Å². The molecule has 0 heterocycles. The minimum atomic E-state index is -2.66. The third kappa shape index (κ3) is 4.34. The molecule has 2 aromatic carbocycles. The fourth-order valence-electron chi connectivity index (χ4n) is 6.65. The molecule has 10 heteroatoms. The smallest absolute Gasteiger partial charge is 0.255 e. The zero-order valence-corrected chi connectivity index (χ0v) is 23.4. The third-order valence-corrected chi connectivity index (χ3v) is 8.59. The van der Waals surface area contributed by atoms with E-state index < -0.39 is 58.0 Å². The van der Waals surface area contributed by atoms with Crippen LogP contribution in [0.5, 0.6) is 5.75 Å². The first-order valence-electron chi connectivity index (χ1n) is 13.6. The van der Waals surface area contributed by atoms with E-state index in [1.54, 1.807) is 20.2 Å². The monoisotopic (exact) mass is 561 g/mol. The van der Waals surface area contributed by atoms with Crippen molar-refractivity contribution < 1.29 is 34.8 Å². The summed E-state index contributed by atoms with van der Waals surface area (Å²) < 4.78 is 0. The summed E-state index contributed by atoms with van der Waals surface area (Å²) in [6.45, 7) is 4.84. The summed E-state index contributed by atoms with van der Waals surface area (Å²) in [7, 11) is 3.20. The lowest BCUT2D eigenvalue weighted by Crippen LogP contribution is -2.63. The van der Waals surface area contributed by atoms with Gasteiger partial charge in [-0.1, -0.05) is 44.2 Å². The Hall–Kier alpha value is -3.99. The summed E-state index contributed by atoms with van der Waals surface area (Å²) in [4.78, 5) is 41.0. The van der Waals surface area contributed by atoms with E-state index in [1.807, 2.05) is 24.3 Å². The Balaban J connectivity index is 1.62. The predicted molar refractivity (Wildman–Crippen MR) is 151 cm³/mol. The third-order valence-electron chi connectivity index (χ3n) is 8.59. The molecule has 10 nitrogen and oxygen atoms in total. The summed E-state index contributed by atoms with van der Waals surface area (Å²) >= 11 is 0. The van der Waals surface area contributed by atoms with Crippen molar-refractivity contribution in [3.05, 3.63) is 75.8 Å². The van der Waals surface area contributed by atoms with Crippen molar-refractivity contribution in [3.63, 3.8) is 0 Å². The lowest BCUT2D eigenvalue weighted by Gasteiger charge is -2.50. The van der Waals surface area contributed by atoms with E-state index in [4.69, 9.17) is 5.73 Å². The molecule has 0 aliphatic heterocycles. The highest BCUT2D eigenvalue weighted by molar-refractivity contribution is 6.24. The number of ketones is 2. The molecule has 0 aromatic heterocycles. The number of aliphatic hydroxyl groups is 3. The first-order valence-corrected chi connectivity index (χ1v) is 13.6. The maximum Gasteiger partial charge on any atom is 0.255 e. The quantitative estimate of drug-likeness (QED) is 0.289. The molecule has 0 spiro atoms. The van der Waals surface area contributed by atoms with Crippen molar-refractivity contribution in [1.82, 2.24) is 10.2 Å². The fourth-order valence-corrected chi connectivity index (χ4v) is 6.65. The van der Waals surface area contributed by atoms with Crippen molar-refractivity contribution in [2.45, 2.75) is 50.9 Å². The standard InChI is InChI=1S/C31H35N3O7/c1-14(2)33-13-15-5-7-16(8-6-15)18-9-10-21(35)23-19(18)11-17-12-20-25(34(3)4)27(37)24(30(32)40)29(39)31(20,41)28(38)22(17)26(23)36/h5-10,14,17,20,25,33,35,37-38,41H,11-13H2,1-4H3,(H2,32,40)/t17-,20-,25?,31-/m1/s1. The number of allylic oxidation sites excluding steroid dienone is 1. The number of Topliss-reactive ketones (excluding diaryl/α,β-unsaturated/α-hetero) is 2. The van der Waals surface area contributed by atoms with Gasteiger partial charge >= 0.3 is 0 Å². The van der Waals surface area contributed by atoms with E-state index in [2.05, 4.69) is 19.2 Å². The Morgan fingerprint density at radius 2 is 1.76 bits per heavy atom. The average Bonchev–Trinajstić information content (AvgIpc) is 2.89. The molecule has 7 N–H and O–H groups in total. The van der Waals surface area contributed by atoms with Gasteiger partial charge in [0.05, 0.1) is 11.6 Å². The highest BCUT2D eigenvalue weighted by Crippen LogP contribution is 2.53. The van der Waals surface area contributed by atoms with Crippen molar-refractivity contribution >= 4 is 17.5 Å². The molecule has 5 rings (SSSR count). The molecule has 0 bridgehead atoms. The Morgan fingerprint density at radius 3 is 2.34 bits per heavy atom. The van der Waals surface area contributed by atoms with Gasteiger partial charge in [-0.25, -0.2) is 0 Å². The van der Waals surface area contributed by atoms with Gasteiger partial charge in [-0.3, -0.25) is 19.3 Å². The van der Waals surface area contributed by atoms with Gasteiger partial charge in [0.15, 0.2) is 11.4 Å². The number of rotatable bonds is 6. The Kier molecular flexibility index (Phi) is 7.05. The number of aromatic hydroxyl groups is 1. The first kappa shape index (κ1) is 28.5. The number of carbonyl (C=O) groups excluding carboxylic acids is 3. The molecule has 0 fully saturated rings. The second-order valence-corrected chi connectivity index (χ2v) is 11.7. The SMILES string of the molecule is CC(C)NCc1ccc(-c2ccc(O)c3c2C[C@@H]2C[C@@H]4C(N(C)C)C(O)=C(C(N)=O)C(=O)[C@]4(O)C(O)=C2C3=O)cc1. The van der Waals surface area contributed by atoms with Gasteiger partial charge in [0.25, 0.3) is 5.91 Å². The summed E-state index contributed by atoms with van der Waals surface area (Å²) in [5, 5.41) is 48.2. The minimum absolute atomic E-state index is 0.00571. The molecule has 4 atom stereocenters. The molecule has 0 saturated heterocycles. The van der Waals surface area contributed by atoms with Crippen molar-refractivity contribution in [2.24, 2.45) is 17.6 Å². The average molecular weight is 562 g/mol. The second-order valence-electron chi connectivity index (χ2n) is 11.7. The molecule has 216 valence electrons. The number of aliphatic hydroxyl groups excluding tert-OH is 2. The molecule has 0 radical (unpaired) electrons.